The van der Waals surface area contributed by atoms with Crippen molar-refractivity contribution >= 4 is 11.9 Å². The Morgan fingerprint density at radius 3 is 1.08 bits per heavy atom. The van der Waals surface area contributed by atoms with Crippen LogP contribution in [0.5, 0.6) is 0 Å². The van der Waals surface area contributed by atoms with Crippen LogP contribution in [0, 0.1) is 34.5 Å². The third kappa shape index (κ3) is 17.4. The number of aliphatic carboxylic acids is 2. The van der Waals surface area contributed by atoms with Crippen molar-refractivity contribution in [3.8, 4) is 12.1 Å². The van der Waals surface area contributed by atoms with Crippen LogP contribution in [0.25, 0.3) is 0 Å². The van der Waals surface area contributed by atoms with Gasteiger partial charge in [-0.25, -0.2) is 9.59 Å². The summed E-state index contributed by atoms with van der Waals surface area (Å²) in [6.07, 6.45) is 0. The van der Waals surface area contributed by atoms with E-state index in [4.69, 9.17) is 20.7 Å². The number of rotatable bonds is 6. The maximum Gasteiger partial charge on any atom is 0.330 e. The smallest absolute Gasteiger partial charge is 0.330 e. The fourth-order valence-electron chi connectivity index (χ4n) is 0.760. The highest BCUT2D eigenvalue weighted by molar-refractivity contribution is 5.85. The molecule has 0 radical (unpaired) electrons. The van der Waals surface area contributed by atoms with Crippen molar-refractivity contribution in [2.45, 2.75) is 53.6 Å². The van der Waals surface area contributed by atoms with Crippen LogP contribution < -0.4 is 0 Å². The molecular formula is C18H28N4O4. The van der Waals surface area contributed by atoms with E-state index in [1.165, 1.54) is 13.8 Å². The summed E-state index contributed by atoms with van der Waals surface area (Å²) in [7, 11) is 0. The van der Waals surface area contributed by atoms with Crippen LogP contribution in [-0.4, -0.2) is 34.2 Å². The van der Waals surface area contributed by atoms with Gasteiger partial charge in [-0.05, 0) is 25.7 Å². The van der Waals surface area contributed by atoms with E-state index < -0.39 is 24.0 Å². The molecular weight excluding hydrogens is 336 g/mol. The molecule has 0 heterocycles. The highest BCUT2D eigenvalue weighted by Crippen LogP contribution is 2.10. The fourth-order valence-corrected chi connectivity index (χ4v) is 0.760. The lowest BCUT2D eigenvalue weighted by atomic mass is 10.1. The minimum atomic E-state index is -0.935. The van der Waals surface area contributed by atoms with Crippen LogP contribution in [0.1, 0.15) is 41.5 Å². The summed E-state index contributed by atoms with van der Waals surface area (Å²) in [6, 6.07) is 3.22. The fraction of sp³-hybridized carbons (Fsp3) is 0.556. The number of carboxylic acid groups (broad SMARTS) is 2. The second-order valence-corrected chi connectivity index (χ2v) is 6.04. The molecule has 8 nitrogen and oxygen atoms in total. The molecule has 144 valence electrons. The molecule has 0 aliphatic heterocycles. The molecule has 2 unspecified atom stereocenters. The van der Waals surface area contributed by atoms with Gasteiger partial charge in [-0.15, -0.1) is 0 Å². The molecule has 8 heteroatoms. The lowest BCUT2D eigenvalue weighted by Crippen LogP contribution is -2.13. The standard InChI is InChI=1S/C10H16N4.2C4H6O2/c1-7(2)9(5-11)13-14-10(6-12)8(3)4;2*1-3(2)4(5)6/h7-10H,1-4H3;2*1H2,2H3,(H,5,6)/b14-13+;;. The van der Waals surface area contributed by atoms with E-state index in [0.717, 1.165) is 0 Å². The number of carboxylic acids is 2. The van der Waals surface area contributed by atoms with Crippen molar-refractivity contribution in [2.24, 2.45) is 22.1 Å². The zero-order valence-corrected chi connectivity index (χ0v) is 16.2. The van der Waals surface area contributed by atoms with Crippen LogP contribution in [0.2, 0.25) is 0 Å². The van der Waals surface area contributed by atoms with Crippen molar-refractivity contribution < 1.29 is 19.8 Å². The topological polar surface area (TPSA) is 147 Å². The van der Waals surface area contributed by atoms with Gasteiger partial charge in [0, 0.05) is 11.1 Å². The molecule has 2 atom stereocenters. The van der Waals surface area contributed by atoms with Gasteiger partial charge in [0.25, 0.3) is 0 Å². The molecule has 2 N–H and O–H groups in total. The van der Waals surface area contributed by atoms with E-state index in [9.17, 15) is 9.59 Å². The average molecular weight is 364 g/mol. The molecule has 0 spiro atoms. The molecule has 0 aliphatic carbocycles. The maximum absolute atomic E-state index is 9.60. The molecule has 0 saturated heterocycles. The molecule has 26 heavy (non-hydrogen) atoms. The van der Waals surface area contributed by atoms with Gasteiger partial charge in [0.2, 0.25) is 0 Å². The number of azo groups is 1. The predicted octanol–water partition coefficient (Wildman–Crippen LogP) is 3.83. The highest BCUT2D eigenvalue weighted by atomic mass is 16.4. The summed E-state index contributed by atoms with van der Waals surface area (Å²) in [5, 5.41) is 41.0. The molecule has 0 amide bonds. The second-order valence-electron chi connectivity index (χ2n) is 6.04. The predicted molar refractivity (Wildman–Crippen MR) is 98.2 cm³/mol. The van der Waals surface area contributed by atoms with Crippen molar-refractivity contribution in [1.82, 2.24) is 0 Å². The number of hydrogen-bond donors (Lipinski definition) is 2. The van der Waals surface area contributed by atoms with Gasteiger partial charge in [0.15, 0.2) is 12.1 Å². The summed E-state index contributed by atoms with van der Waals surface area (Å²) in [6.45, 7) is 16.8. The molecule has 0 aromatic rings. The van der Waals surface area contributed by atoms with Crippen LogP contribution in [0.15, 0.2) is 34.5 Å². The quantitative estimate of drug-likeness (QED) is 0.540. The average Bonchev–Trinajstić information content (AvgIpc) is 2.51. The Morgan fingerprint density at radius 2 is 1.00 bits per heavy atom. The van der Waals surface area contributed by atoms with E-state index in [1.807, 2.05) is 27.7 Å². The van der Waals surface area contributed by atoms with E-state index in [0.29, 0.717) is 0 Å². The van der Waals surface area contributed by atoms with Gasteiger partial charge in [0.05, 0.1) is 12.1 Å². The van der Waals surface area contributed by atoms with Crippen molar-refractivity contribution in [1.29, 1.82) is 10.5 Å². The molecule has 0 aliphatic rings. The summed E-state index contributed by atoms with van der Waals surface area (Å²) in [5.41, 5.74) is 0.352. The van der Waals surface area contributed by atoms with Crippen LogP contribution >= 0.6 is 0 Å². The minimum absolute atomic E-state index is 0.134. The molecule has 0 aromatic heterocycles. The zero-order chi connectivity index (χ0) is 21.4. The molecule has 0 bridgehead atoms. The first-order valence-corrected chi connectivity index (χ1v) is 7.78. The Kier molecular flexibility index (Phi) is 16.6. The number of nitriles is 2. The molecule has 0 fully saturated rings. The van der Waals surface area contributed by atoms with Gasteiger partial charge >= 0.3 is 11.9 Å². The normalized spacial score (nSPS) is 11.8. The van der Waals surface area contributed by atoms with E-state index in [-0.39, 0.29) is 23.0 Å². The summed E-state index contributed by atoms with van der Waals surface area (Å²) >= 11 is 0. The summed E-state index contributed by atoms with van der Waals surface area (Å²) in [5.74, 6) is -1.60. The first-order chi connectivity index (χ1) is 11.8. The van der Waals surface area contributed by atoms with Crippen LogP contribution in [0.4, 0.5) is 0 Å². The summed E-state index contributed by atoms with van der Waals surface area (Å²) in [4.78, 5) is 19.2. The highest BCUT2D eigenvalue weighted by Gasteiger charge is 2.14. The Balaban J connectivity index is -0.000000364. The molecule has 0 rings (SSSR count). The van der Waals surface area contributed by atoms with E-state index in [1.54, 1.807) is 0 Å². The van der Waals surface area contributed by atoms with Crippen molar-refractivity contribution in [3.63, 3.8) is 0 Å². The number of carbonyl (C=O) groups is 2. The zero-order valence-electron chi connectivity index (χ0n) is 16.2. The van der Waals surface area contributed by atoms with Gasteiger partial charge in [-0.3, -0.25) is 0 Å². The van der Waals surface area contributed by atoms with Gasteiger partial charge in [0.1, 0.15) is 0 Å². The van der Waals surface area contributed by atoms with Crippen LogP contribution in [0.3, 0.4) is 0 Å². The van der Waals surface area contributed by atoms with Crippen molar-refractivity contribution in [3.05, 3.63) is 24.3 Å². The molecule has 0 saturated carbocycles. The van der Waals surface area contributed by atoms with E-state index in [2.05, 4.69) is 35.5 Å². The monoisotopic (exact) mass is 364 g/mol. The van der Waals surface area contributed by atoms with Crippen molar-refractivity contribution in [2.75, 3.05) is 0 Å². The lowest BCUT2D eigenvalue weighted by Gasteiger charge is -2.09. The Morgan fingerprint density at radius 1 is 0.808 bits per heavy atom. The number of hydrogen-bond acceptors (Lipinski definition) is 6. The largest absolute Gasteiger partial charge is 0.478 e. The van der Waals surface area contributed by atoms with Gasteiger partial charge in [-0.1, -0.05) is 40.9 Å². The Bertz CT molecular complexity index is 519. The second kappa shape index (κ2) is 15.5. The Hall–Kier alpha value is -3.00. The SMILES string of the molecule is C=C(C)C(=O)O.C=C(C)C(=O)O.CC(C)C(C#N)/N=N/C(C#N)C(C)C. The minimum Gasteiger partial charge on any atom is -0.478 e. The third-order valence-corrected chi connectivity index (χ3v) is 2.57. The Labute approximate surface area is 155 Å². The van der Waals surface area contributed by atoms with Gasteiger partial charge < -0.3 is 10.2 Å². The van der Waals surface area contributed by atoms with Gasteiger partial charge in [-0.2, -0.15) is 20.8 Å². The third-order valence-electron chi connectivity index (χ3n) is 2.57. The maximum atomic E-state index is 9.60. The lowest BCUT2D eigenvalue weighted by molar-refractivity contribution is -0.133. The first kappa shape index (κ1) is 27.8. The first-order valence-electron chi connectivity index (χ1n) is 7.78. The van der Waals surface area contributed by atoms with E-state index >= 15 is 0 Å². The number of nitrogens with zero attached hydrogens (tertiary/aromatic N) is 4. The summed E-state index contributed by atoms with van der Waals surface area (Å²) < 4.78 is 0. The molecule has 0 aromatic carbocycles. The van der Waals surface area contributed by atoms with Crippen LogP contribution in [-0.2, 0) is 9.59 Å².